The average molecular weight is 375 g/mol. The fourth-order valence-corrected chi connectivity index (χ4v) is 3.37. The average Bonchev–Trinajstić information content (AvgIpc) is 2.92. The van der Waals surface area contributed by atoms with Gasteiger partial charge >= 0.3 is 0 Å². The lowest BCUT2D eigenvalue weighted by molar-refractivity contribution is -0.128. The zero-order valence-corrected chi connectivity index (χ0v) is 15.3. The van der Waals surface area contributed by atoms with Gasteiger partial charge < -0.3 is 4.74 Å². The van der Waals surface area contributed by atoms with E-state index in [1.54, 1.807) is 54.4 Å². The predicted octanol–water partition coefficient (Wildman–Crippen LogP) is 3.49. The summed E-state index contributed by atoms with van der Waals surface area (Å²) in [5, 5.41) is 10.3. The quantitative estimate of drug-likeness (QED) is 0.634. The standard InChI is InChI=1S/C19H19ClN2O4/c1-11-15(10-18(23)21-25)16-9-14(26-2)7-8-17(16)22(11)19(24)12-3-5-13(20)6-4-12/h3,5,7-9,25H,4,6,10H2,1-2H3,(H,21,23). The molecule has 0 bridgehead atoms. The highest BCUT2D eigenvalue weighted by atomic mass is 35.5. The summed E-state index contributed by atoms with van der Waals surface area (Å²) in [7, 11) is 1.55. The monoisotopic (exact) mass is 374 g/mol. The molecule has 1 aromatic heterocycles. The first kappa shape index (κ1) is 18.2. The van der Waals surface area contributed by atoms with E-state index in [-0.39, 0.29) is 12.3 Å². The number of nitrogens with zero attached hydrogens (tertiary/aromatic N) is 1. The number of benzene rings is 1. The molecule has 26 heavy (non-hydrogen) atoms. The Kier molecular flexibility index (Phi) is 5.15. The summed E-state index contributed by atoms with van der Waals surface area (Å²) in [5.41, 5.74) is 4.31. The van der Waals surface area contributed by atoms with Crippen LogP contribution in [0.25, 0.3) is 10.9 Å². The molecular weight excluding hydrogens is 356 g/mol. The number of carbonyl (C=O) groups excluding carboxylic acids is 2. The van der Waals surface area contributed by atoms with E-state index in [1.165, 1.54) is 0 Å². The highest BCUT2D eigenvalue weighted by Gasteiger charge is 2.23. The highest BCUT2D eigenvalue weighted by molar-refractivity contribution is 6.29. The van der Waals surface area contributed by atoms with Crippen LogP contribution in [0.4, 0.5) is 0 Å². The van der Waals surface area contributed by atoms with Gasteiger partial charge in [-0.15, -0.1) is 0 Å². The first-order valence-corrected chi connectivity index (χ1v) is 8.54. The van der Waals surface area contributed by atoms with Crippen LogP contribution >= 0.6 is 11.6 Å². The molecule has 7 heteroatoms. The molecule has 3 rings (SSSR count). The number of rotatable bonds is 4. The second kappa shape index (κ2) is 7.35. The van der Waals surface area contributed by atoms with Crippen molar-refractivity contribution in [3.05, 3.63) is 52.2 Å². The molecule has 0 saturated carbocycles. The maximum absolute atomic E-state index is 13.1. The van der Waals surface area contributed by atoms with Crippen LogP contribution in [-0.2, 0) is 11.2 Å². The van der Waals surface area contributed by atoms with Crippen molar-refractivity contribution in [2.24, 2.45) is 0 Å². The molecule has 1 amide bonds. The van der Waals surface area contributed by atoms with Gasteiger partial charge in [0.1, 0.15) is 5.75 Å². The summed E-state index contributed by atoms with van der Waals surface area (Å²) < 4.78 is 6.87. The van der Waals surface area contributed by atoms with E-state index in [9.17, 15) is 9.59 Å². The van der Waals surface area contributed by atoms with Crippen LogP contribution in [0.5, 0.6) is 5.75 Å². The number of carbonyl (C=O) groups is 2. The minimum absolute atomic E-state index is 0.0446. The van der Waals surface area contributed by atoms with Crippen molar-refractivity contribution in [1.82, 2.24) is 10.0 Å². The van der Waals surface area contributed by atoms with Gasteiger partial charge in [-0.25, -0.2) is 5.48 Å². The summed E-state index contributed by atoms with van der Waals surface area (Å²) in [6, 6.07) is 5.36. The molecule has 1 heterocycles. The second-order valence-electron chi connectivity index (χ2n) is 6.10. The molecule has 6 nitrogen and oxygen atoms in total. The maximum atomic E-state index is 13.1. The van der Waals surface area contributed by atoms with E-state index < -0.39 is 5.91 Å². The van der Waals surface area contributed by atoms with Crippen molar-refractivity contribution < 1.29 is 19.5 Å². The van der Waals surface area contributed by atoms with Gasteiger partial charge in [-0.3, -0.25) is 19.4 Å². The number of allylic oxidation sites excluding steroid dienone is 4. The Bertz CT molecular complexity index is 956. The van der Waals surface area contributed by atoms with Gasteiger partial charge in [-0.2, -0.15) is 0 Å². The molecule has 0 unspecified atom stereocenters. The summed E-state index contributed by atoms with van der Waals surface area (Å²) >= 11 is 5.99. The van der Waals surface area contributed by atoms with Gasteiger partial charge in [-0.1, -0.05) is 17.7 Å². The van der Waals surface area contributed by atoms with Crippen LogP contribution in [0.15, 0.2) is 41.0 Å². The molecule has 0 spiro atoms. The van der Waals surface area contributed by atoms with E-state index in [0.29, 0.717) is 40.9 Å². The van der Waals surface area contributed by atoms with Crippen molar-refractivity contribution in [2.75, 3.05) is 7.11 Å². The van der Waals surface area contributed by atoms with Crippen molar-refractivity contribution in [3.8, 4) is 5.75 Å². The zero-order valence-electron chi connectivity index (χ0n) is 14.5. The molecular formula is C19H19ClN2O4. The fourth-order valence-electron chi connectivity index (χ4n) is 3.21. The molecule has 2 N–H and O–H groups in total. The molecule has 0 fully saturated rings. The van der Waals surface area contributed by atoms with E-state index in [1.807, 2.05) is 0 Å². The molecule has 1 aliphatic rings. The lowest BCUT2D eigenvalue weighted by Crippen LogP contribution is -2.21. The number of halogens is 1. The van der Waals surface area contributed by atoms with Crippen molar-refractivity contribution in [1.29, 1.82) is 0 Å². The predicted molar refractivity (Wildman–Crippen MR) is 98.7 cm³/mol. The lowest BCUT2D eigenvalue weighted by atomic mass is 10.0. The first-order valence-electron chi connectivity index (χ1n) is 8.17. The third-order valence-corrected chi connectivity index (χ3v) is 4.90. The molecule has 136 valence electrons. The van der Waals surface area contributed by atoms with Crippen molar-refractivity contribution in [2.45, 2.75) is 26.2 Å². The molecule has 0 atom stereocenters. The van der Waals surface area contributed by atoms with Crippen LogP contribution in [0.3, 0.4) is 0 Å². The Hall–Kier alpha value is -2.57. The molecule has 0 saturated heterocycles. The van der Waals surface area contributed by atoms with Gasteiger partial charge in [0.2, 0.25) is 5.91 Å². The number of nitrogens with one attached hydrogen (secondary N) is 1. The van der Waals surface area contributed by atoms with Gasteiger partial charge in [-0.05, 0) is 49.6 Å². The van der Waals surface area contributed by atoms with Crippen LogP contribution in [0, 0.1) is 6.92 Å². The van der Waals surface area contributed by atoms with Gasteiger partial charge in [0, 0.05) is 21.7 Å². The van der Waals surface area contributed by atoms with E-state index in [0.717, 1.165) is 10.4 Å². The van der Waals surface area contributed by atoms with E-state index in [4.69, 9.17) is 21.5 Å². The van der Waals surface area contributed by atoms with Crippen LogP contribution in [-0.4, -0.2) is 28.7 Å². The highest BCUT2D eigenvalue weighted by Crippen LogP contribution is 2.32. The normalized spacial score (nSPS) is 14.0. The molecule has 2 aromatic rings. The van der Waals surface area contributed by atoms with Gasteiger partial charge in [0.15, 0.2) is 0 Å². The SMILES string of the molecule is COc1ccc2c(c1)c(CC(=O)NO)c(C)n2C(=O)C1=CC=C(Cl)CC1. The van der Waals surface area contributed by atoms with Crippen LogP contribution < -0.4 is 10.2 Å². The van der Waals surface area contributed by atoms with Crippen molar-refractivity contribution in [3.63, 3.8) is 0 Å². The minimum Gasteiger partial charge on any atom is -0.497 e. The Balaban J connectivity index is 2.17. The maximum Gasteiger partial charge on any atom is 0.258 e. The van der Waals surface area contributed by atoms with Gasteiger partial charge in [0.05, 0.1) is 19.0 Å². The third-order valence-electron chi connectivity index (χ3n) is 4.58. The van der Waals surface area contributed by atoms with E-state index >= 15 is 0 Å². The lowest BCUT2D eigenvalue weighted by Gasteiger charge is -2.13. The summed E-state index contributed by atoms with van der Waals surface area (Å²) in [4.78, 5) is 24.8. The first-order chi connectivity index (χ1) is 12.5. The minimum atomic E-state index is -0.547. The Morgan fingerprint density at radius 1 is 1.31 bits per heavy atom. The summed E-state index contributed by atoms with van der Waals surface area (Å²) in [6.07, 6.45) is 4.63. The number of hydroxylamine groups is 1. The number of amides is 1. The van der Waals surface area contributed by atoms with Crippen molar-refractivity contribution >= 4 is 34.3 Å². The second-order valence-corrected chi connectivity index (χ2v) is 6.59. The number of fused-ring (bicyclic) bond motifs is 1. The number of ether oxygens (including phenoxy) is 1. The number of hydrogen-bond donors (Lipinski definition) is 2. The number of hydrogen-bond acceptors (Lipinski definition) is 4. The van der Waals surface area contributed by atoms with E-state index in [2.05, 4.69) is 0 Å². The molecule has 0 aliphatic heterocycles. The molecule has 1 aromatic carbocycles. The third kappa shape index (κ3) is 3.25. The largest absolute Gasteiger partial charge is 0.497 e. The van der Waals surface area contributed by atoms with Gasteiger partial charge in [0.25, 0.3) is 5.91 Å². The Morgan fingerprint density at radius 3 is 2.69 bits per heavy atom. The molecule has 1 aliphatic carbocycles. The Labute approximate surface area is 155 Å². The smallest absolute Gasteiger partial charge is 0.258 e. The van der Waals surface area contributed by atoms with Crippen LogP contribution in [0.2, 0.25) is 0 Å². The summed E-state index contributed by atoms with van der Waals surface area (Å²) in [5.74, 6) is -0.0675. The number of methoxy groups -OCH3 is 1. The molecule has 0 radical (unpaired) electrons. The summed E-state index contributed by atoms with van der Waals surface area (Å²) in [6.45, 7) is 1.79. The zero-order chi connectivity index (χ0) is 18.8. The topological polar surface area (TPSA) is 80.6 Å². The number of aromatic nitrogens is 1. The van der Waals surface area contributed by atoms with Crippen LogP contribution in [0.1, 0.15) is 28.9 Å². The fraction of sp³-hybridized carbons (Fsp3) is 0.263. The Morgan fingerprint density at radius 2 is 2.08 bits per heavy atom.